The van der Waals surface area contributed by atoms with Gasteiger partial charge in [0, 0.05) is 17.1 Å². The van der Waals surface area contributed by atoms with Crippen LogP contribution in [-0.2, 0) is 9.31 Å². The van der Waals surface area contributed by atoms with Crippen molar-refractivity contribution < 1.29 is 9.31 Å². The second-order valence-electron chi connectivity index (χ2n) is 9.40. The van der Waals surface area contributed by atoms with Crippen LogP contribution in [-0.4, -0.2) is 26.2 Å². The normalized spacial score (nSPS) is 17.0. The molecule has 1 aliphatic heterocycles. The highest BCUT2D eigenvalue weighted by molar-refractivity contribution is 6.62. The molecule has 156 valence electrons. The molecule has 5 heteroatoms. The van der Waals surface area contributed by atoms with E-state index in [1.165, 1.54) is 11.1 Å². The van der Waals surface area contributed by atoms with Crippen molar-refractivity contribution in [3.8, 4) is 0 Å². The third-order valence-corrected chi connectivity index (χ3v) is 6.42. The van der Waals surface area contributed by atoms with Crippen LogP contribution in [0.15, 0.2) is 66.7 Å². The van der Waals surface area contributed by atoms with Crippen LogP contribution in [0.25, 0.3) is 0 Å². The molecule has 0 aromatic heterocycles. The second-order valence-corrected chi connectivity index (χ2v) is 9.40. The fourth-order valence-electron chi connectivity index (χ4n) is 3.87. The third kappa shape index (κ3) is 4.17. The number of anilines is 3. The van der Waals surface area contributed by atoms with Crippen molar-refractivity contribution in [1.82, 2.24) is 0 Å². The van der Waals surface area contributed by atoms with Crippen LogP contribution in [0.5, 0.6) is 0 Å². The number of aryl methyl sites for hydroxylation is 2. The summed E-state index contributed by atoms with van der Waals surface area (Å²) in [6, 6.07) is 22.9. The predicted octanol–water partition coefficient (Wildman–Crippen LogP) is 4.87. The Morgan fingerprint density at radius 2 is 1.26 bits per heavy atom. The van der Waals surface area contributed by atoms with Crippen molar-refractivity contribution in [2.45, 2.75) is 52.7 Å². The van der Waals surface area contributed by atoms with Crippen molar-refractivity contribution in [3.05, 3.63) is 77.9 Å². The second kappa shape index (κ2) is 7.89. The molecule has 1 heterocycles. The van der Waals surface area contributed by atoms with Crippen LogP contribution in [0.1, 0.15) is 38.8 Å². The van der Waals surface area contributed by atoms with Gasteiger partial charge in [-0.05, 0) is 82.9 Å². The highest BCUT2D eigenvalue weighted by Crippen LogP contribution is 2.38. The van der Waals surface area contributed by atoms with Gasteiger partial charge in [-0.2, -0.15) is 0 Å². The summed E-state index contributed by atoms with van der Waals surface area (Å²) in [5.41, 5.74) is 6.78. The minimum atomic E-state index is -0.370. The van der Waals surface area contributed by atoms with Gasteiger partial charge in [0.05, 0.1) is 11.2 Å². The van der Waals surface area contributed by atoms with E-state index in [-0.39, 0.29) is 18.3 Å². The maximum absolute atomic E-state index is 6.22. The van der Waals surface area contributed by atoms with Crippen molar-refractivity contribution in [1.29, 1.82) is 0 Å². The number of nitrogens with zero attached hydrogens (tertiary/aromatic N) is 1. The summed E-state index contributed by atoms with van der Waals surface area (Å²) >= 11 is 0. The summed E-state index contributed by atoms with van der Waals surface area (Å²) in [6.07, 6.45) is 0. The molecular weight excluding hydrogens is 380 g/mol. The zero-order valence-corrected chi connectivity index (χ0v) is 19.3. The molecule has 4 rings (SSSR count). The minimum absolute atomic E-state index is 0.356. The maximum atomic E-state index is 6.22. The van der Waals surface area contributed by atoms with E-state index in [0.29, 0.717) is 0 Å². The molecule has 31 heavy (non-hydrogen) atoms. The number of hydrogen-bond donors (Lipinski definition) is 0. The maximum Gasteiger partial charge on any atom is 0.494 e. The van der Waals surface area contributed by atoms with E-state index in [0.717, 1.165) is 28.0 Å². The molecule has 0 N–H and O–H groups in total. The molecule has 0 atom stereocenters. The number of rotatable bonds is 4. The smallest absolute Gasteiger partial charge is 0.399 e. The van der Waals surface area contributed by atoms with Crippen molar-refractivity contribution in [2.24, 2.45) is 0 Å². The first-order valence-corrected chi connectivity index (χ1v) is 10.8. The van der Waals surface area contributed by atoms with Crippen LogP contribution in [0.2, 0.25) is 0 Å². The molecule has 1 aliphatic rings. The Labute approximate surface area is 187 Å². The van der Waals surface area contributed by atoms with E-state index in [1.807, 2.05) is 12.1 Å². The molecule has 2 radical (unpaired) electrons. The SMILES string of the molecule is [B]c1ccc(N(c2ccc(B3OC(C)(C)C(C)(C)O3)cc2)c2ccc(C)cc2C)cc1. The number of benzene rings is 3. The van der Waals surface area contributed by atoms with Gasteiger partial charge in [0.15, 0.2) is 0 Å². The molecular formula is C26H29B2NO2. The molecule has 0 amide bonds. The first-order valence-electron chi connectivity index (χ1n) is 10.8. The van der Waals surface area contributed by atoms with Crippen LogP contribution in [0, 0.1) is 13.8 Å². The largest absolute Gasteiger partial charge is 0.494 e. The van der Waals surface area contributed by atoms with E-state index >= 15 is 0 Å². The van der Waals surface area contributed by atoms with Crippen LogP contribution in [0.4, 0.5) is 17.1 Å². The Morgan fingerprint density at radius 3 is 1.77 bits per heavy atom. The molecule has 0 unspecified atom stereocenters. The van der Waals surface area contributed by atoms with Gasteiger partial charge in [-0.3, -0.25) is 0 Å². The van der Waals surface area contributed by atoms with Crippen molar-refractivity contribution in [2.75, 3.05) is 4.90 Å². The lowest BCUT2D eigenvalue weighted by Crippen LogP contribution is -2.41. The average molecular weight is 409 g/mol. The highest BCUT2D eigenvalue weighted by Gasteiger charge is 2.51. The zero-order valence-electron chi connectivity index (χ0n) is 19.3. The lowest BCUT2D eigenvalue weighted by atomic mass is 9.79. The minimum Gasteiger partial charge on any atom is -0.399 e. The molecule has 0 saturated carbocycles. The summed E-state index contributed by atoms with van der Waals surface area (Å²) in [7, 11) is 5.57. The van der Waals surface area contributed by atoms with Gasteiger partial charge < -0.3 is 14.2 Å². The van der Waals surface area contributed by atoms with Gasteiger partial charge in [0.1, 0.15) is 7.85 Å². The summed E-state index contributed by atoms with van der Waals surface area (Å²) in [4.78, 5) is 2.25. The average Bonchev–Trinajstić information content (AvgIpc) is 2.93. The quantitative estimate of drug-likeness (QED) is 0.575. The van der Waals surface area contributed by atoms with Gasteiger partial charge >= 0.3 is 7.12 Å². The molecule has 0 aliphatic carbocycles. The highest BCUT2D eigenvalue weighted by atomic mass is 16.7. The van der Waals surface area contributed by atoms with E-state index in [4.69, 9.17) is 17.2 Å². The molecule has 1 saturated heterocycles. The van der Waals surface area contributed by atoms with Gasteiger partial charge in [-0.15, -0.1) is 0 Å². The Morgan fingerprint density at radius 1 is 0.742 bits per heavy atom. The van der Waals surface area contributed by atoms with Crippen molar-refractivity contribution >= 4 is 43.0 Å². The standard InChI is InChI=1S/C26H29B2NO2/c1-18-7-16-24(19(2)17-18)29(22-12-8-20(27)9-13-22)23-14-10-21(11-15-23)28-30-25(3,4)26(5,6)31-28/h7-17H,1-6H3. The van der Waals surface area contributed by atoms with Crippen LogP contribution < -0.4 is 15.8 Å². The van der Waals surface area contributed by atoms with E-state index < -0.39 is 0 Å². The summed E-state index contributed by atoms with van der Waals surface area (Å²) in [5.74, 6) is 0. The van der Waals surface area contributed by atoms with Crippen LogP contribution in [0.3, 0.4) is 0 Å². The lowest BCUT2D eigenvalue weighted by Gasteiger charge is -2.32. The Kier molecular flexibility index (Phi) is 5.53. The topological polar surface area (TPSA) is 21.7 Å². The lowest BCUT2D eigenvalue weighted by molar-refractivity contribution is 0.00578. The summed E-state index contributed by atoms with van der Waals surface area (Å²) in [5, 5.41) is 0. The van der Waals surface area contributed by atoms with Gasteiger partial charge in [0.2, 0.25) is 0 Å². The molecule has 3 aromatic rings. The fourth-order valence-corrected chi connectivity index (χ4v) is 3.87. The van der Waals surface area contributed by atoms with E-state index in [9.17, 15) is 0 Å². The van der Waals surface area contributed by atoms with Gasteiger partial charge in [0.25, 0.3) is 0 Å². The molecule has 0 bridgehead atoms. The predicted molar refractivity (Wildman–Crippen MR) is 132 cm³/mol. The third-order valence-electron chi connectivity index (χ3n) is 6.42. The first kappa shape index (κ1) is 21.7. The van der Waals surface area contributed by atoms with Gasteiger partial charge in [-0.25, -0.2) is 0 Å². The Balaban J connectivity index is 1.72. The fraction of sp³-hybridized carbons (Fsp3) is 0.308. The molecule has 0 spiro atoms. The summed E-state index contributed by atoms with van der Waals surface area (Å²) < 4.78 is 12.4. The monoisotopic (exact) mass is 409 g/mol. The first-order chi connectivity index (χ1) is 14.6. The zero-order chi connectivity index (χ0) is 22.4. The summed E-state index contributed by atoms with van der Waals surface area (Å²) in [6.45, 7) is 12.6. The molecule has 3 aromatic carbocycles. The Hall–Kier alpha value is -2.49. The van der Waals surface area contributed by atoms with E-state index in [1.54, 1.807) is 0 Å². The van der Waals surface area contributed by atoms with Crippen molar-refractivity contribution in [3.63, 3.8) is 0 Å². The number of hydrogen-bond acceptors (Lipinski definition) is 3. The van der Waals surface area contributed by atoms with Gasteiger partial charge in [-0.1, -0.05) is 47.4 Å². The Bertz CT molecular complexity index is 1060. The van der Waals surface area contributed by atoms with Crippen LogP contribution >= 0.6 is 0 Å². The molecule has 3 nitrogen and oxygen atoms in total. The molecule has 1 fully saturated rings. The van der Waals surface area contributed by atoms with E-state index in [2.05, 4.69) is 101 Å².